The van der Waals surface area contributed by atoms with E-state index in [2.05, 4.69) is 5.32 Å². The van der Waals surface area contributed by atoms with Crippen molar-refractivity contribution >= 4 is 16.3 Å². The van der Waals surface area contributed by atoms with Gasteiger partial charge in [-0.25, -0.2) is 4.18 Å². The van der Waals surface area contributed by atoms with Gasteiger partial charge in [0, 0.05) is 19.4 Å². The molecule has 0 aromatic heterocycles. The molecule has 0 aromatic carbocycles. The maximum atomic E-state index is 11.9. The fourth-order valence-corrected chi connectivity index (χ4v) is 4.59. The van der Waals surface area contributed by atoms with Gasteiger partial charge in [0.1, 0.15) is 11.2 Å². The molecule has 4 atom stereocenters. The number of aliphatic hydroxyl groups excluding tert-OH is 1. The molecule has 2 unspecified atom stereocenters. The third-order valence-electron chi connectivity index (χ3n) is 6.17. The van der Waals surface area contributed by atoms with Gasteiger partial charge in [-0.1, -0.05) is 13.8 Å². The van der Waals surface area contributed by atoms with Gasteiger partial charge >= 0.3 is 10.4 Å². The van der Waals surface area contributed by atoms with Gasteiger partial charge in [0.05, 0.1) is 12.1 Å². The molecule has 1 fully saturated rings. The van der Waals surface area contributed by atoms with Crippen LogP contribution in [0.2, 0.25) is 0 Å². The zero-order valence-electron chi connectivity index (χ0n) is 16.0. The zero-order chi connectivity index (χ0) is 20.1. The second-order valence-electron chi connectivity index (χ2n) is 7.62. The van der Waals surface area contributed by atoms with Crippen LogP contribution in [0.25, 0.3) is 0 Å². The minimum atomic E-state index is -4.90. The number of carbonyl (C=O) groups is 1. The first kappa shape index (κ1) is 22.3. The Labute approximate surface area is 149 Å². The Hall–Kier alpha value is -0.780. The summed E-state index contributed by atoms with van der Waals surface area (Å²) in [7, 11) is -3.53. The highest BCUT2D eigenvalue weighted by molar-refractivity contribution is 7.80. The Bertz CT molecular complexity index is 650. The van der Waals surface area contributed by atoms with E-state index in [4.69, 9.17) is 13.7 Å². The van der Waals surface area contributed by atoms with Crippen LogP contribution >= 0.6 is 0 Å². The summed E-state index contributed by atoms with van der Waals surface area (Å²) in [6.07, 6.45) is 0. The monoisotopic (exact) mass is 383 g/mol. The zero-order valence-corrected chi connectivity index (χ0v) is 16.8. The summed E-state index contributed by atoms with van der Waals surface area (Å²) in [6, 6.07) is 0. The molecule has 1 heterocycles. The molecule has 1 aliphatic rings. The molecule has 3 N–H and O–H groups in total. The van der Waals surface area contributed by atoms with Crippen LogP contribution in [0.5, 0.6) is 0 Å². The summed E-state index contributed by atoms with van der Waals surface area (Å²) < 4.78 is 49.0. The second-order valence-corrected chi connectivity index (χ2v) is 8.64. The molecule has 1 rings (SSSR count). The topological polar surface area (TPSA) is 131 Å². The maximum Gasteiger partial charge on any atom is 0.398 e. The van der Waals surface area contributed by atoms with Crippen molar-refractivity contribution in [3.63, 3.8) is 0 Å². The lowest BCUT2D eigenvalue weighted by Crippen LogP contribution is -2.85. The highest BCUT2D eigenvalue weighted by Gasteiger charge is 2.75. The summed E-state index contributed by atoms with van der Waals surface area (Å²) in [5.41, 5.74) is -5.86. The van der Waals surface area contributed by atoms with Gasteiger partial charge in [-0.05, 0) is 27.7 Å². The quantitative estimate of drug-likeness (QED) is 0.589. The van der Waals surface area contributed by atoms with E-state index >= 15 is 0 Å². The molecule has 0 radical (unpaired) electrons. The number of nitrogens with one attached hydrogen (secondary N) is 1. The summed E-state index contributed by atoms with van der Waals surface area (Å²) >= 11 is 0. The molecule has 25 heavy (non-hydrogen) atoms. The van der Waals surface area contributed by atoms with Crippen molar-refractivity contribution in [1.29, 1.82) is 0 Å². The molecule has 9 nitrogen and oxygen atoms in total. The third kappa shape index (κ3) is 3.08. The van der Waals surface area contributed by atoms with Gasteiger partial charge in [0.15, 0.2) is 5.79 Å². The lowest BCUT2D eigenvalue weighted by atomic mass is 9.53. The number of rotatable bonds is 5. The van der Waals surface area contributed by atoms with Crippen LogP contribution in [0, 0.1) is 5.41 Å². The molecule has 0 bridgehead atoms. The Morgan fingerprint density at radius 2 is 1.64 bits per heavy atom. The van der Waals surface area contributed by atoms with E-state index in [0.29, 0.717) is 0 Å². The standard InChI is InChI=1S/C15H29NO8S/c1-10(18)16-13(5)11(2,3)14(6,24-25(19,20)21)12(4,9-17)23-15(13,7)22-8/h17H,9H2,1-8H3,(H,16,18)(H,19,20,21)/t12?,13?,14-,15-/m1/s1. The Balaban J connectivity index is 3.81. The van der Waals surface area contributed by atoms with E-state index in [1.165, 1.54) is 27.9 Å². The van der Waals surface area contributed by atoms with Crippen LogP contribution in [0.15, 0.2) is 0 Å². The normalized spacial score (nSPS) is 41.4. The Kier molecular flexibility index (Phi) is 5.47. The molecule has 0 spiro atoms. The highest BCUT2D eigenvalue weighted by Crippen LogP contribution is 2.60. The van der Waals surface area contributed by atoms with Gasteiger partial charge < -0.3 is 19.9 Å². The van der Waals surface area contributed by atoms with Gasteiger partial charge in [-0.15, -0.1) is 0 Å². The maximum absolute atomic E-state index is 11.9. The number of hydrogen-bond donors (Lipinski definition) is 3. The van der Waals surface area contributed by atoms with E-state index in [0.717, 1.165) is 0 Å². The number of aliphatic hydroxyl groups is 1. The van der Waals surface area contributed by atoms with Crippen LogP contribution in [0.4, 0.5) is 0 Å². The predicted octanol–water partition coefficient (Wildman–Crippen LogP) is 0.629. The fourth-order valence-electron chi connectivity index (χ4n) is 3.79. The number of amides is 1. The van der Waals surface area contributed by atoms with Crippen LogP contribution in [0.1, 0.15) is 48.5 Å². The number of hydrogen-bond acceptors (Lipinski definition) is 7. The van der Waals surface area contributed by atoms with Crippen LogP contribution in [0.3, 0.4) is 0 Å². The fraction of sp³-hybridized carbons (Fsp3) is 0.933. The first-order chi connectivity index (χ1) is 11.0. The van der Waals surface area contributed by atoms with Crippen molar-refractivity contribution < 1.29 is 36.5 Å². The summed E-state index contributed by atoms with van der Waals surface area (Å²) in [5.74, 6) is -1.84. The van der Waals surface area contributed by atoms with Gasteiger partial charge in [-0.3, -0.25) is 9.35 Å². The average molecular weight is 383 g/mol. The molecule has 1 aliphatic heterocycles. The van der Waals surface area contributed by atoms with Crippen LogP contribution < -0.4 is 5.32 Å². The van der Waals surface area contributed by atoms with E-state index in [1.54, 1.807) is 27.7 Å². The summed E-state index contributed by atoms with van der Waals surface area (Å²) in [6.45, 7) is 10.0. The van der Waals surface area contributed by atoms with Crippen molar-refractivity contribution in [2.24, 2.45) is 5.41 Å². The largest absolute Gasteiger partial charge is 0.398 e. The SMILES string of the molecule is CO[C@]1(C)OC(C)(CO)[C@](C)(OS(=O)(=O)O)C(C)(C)C1(C)NC(C)=O. The van der Waals surface area contributed by atoms with Crippen LogP contribution in [-0.4, -0.2) is 60.2 Å². The molecule has 0 aromatic rings. The van der Waals surface area contributed by atoms with Crippen LogP contribution in [-0.2, 0) is 28.9 Å². The first-order valence-corrected chi connectivity index (χ1v) is 9.15. The Morgan fingerprint density at radius 3 is 1.96 bits per heavy atom. The predicted molar refractivity (Wildman–Crippen MR) is 89.0 cm³/mol. The van der Waals surface area contributed by atoms with E-state index in [9.17, 15) is 22.9 Å². The molecular formula is C15H29NO8S. The molecular weight excluding hydrogens is 354 g/mol. The number of carbonyl (C=O) groups excluding carboxylic acids is 1. The summed E-state index contributed by atoms with van der Waals surface area (Å²) in [5, 5.41) is 12.7. The lowest BCUT2D eigenvalue weighted by Gasteiger charge is -2.68. The highest BCUT2D eigenvalue weighted by atomic mass is 32.3. The molecule has 1 saturated heterocycles. The summed E-state index contributed by atoms with van der Waals surface area (Å²) in [4.78, 5) is 11.9. The van der Waals surface area contributed by atoms with Crippen molar-refractivity contribution in [3.05, 3.63) is 0 Å². The number of methoxy groups -OCH3 is 1. The van der Waals surface area contributed by atoms with Gasteiger partial charge in [-0.2, -0.15) is 8.42 Å². The molecule has 0 aliphatic carbocycles. The third-order valence-corrected chi connectivity index (χ3v) is 6.71. The lowest BCUT2D eigenvalue weighted by molar-refractivity contribution is -0.403. The van der Waals surface area contributed by atoms with E-state index in [-0.39, 0.29) is 0 Å². The average Bonchev–Trinajstić information content (AvgIpc) is 2.42. The minimum Gasteiger partial charge on any atom is -0.393 e. The number of ether oxygens (including phenoxy) is 2. The molecule has 10 heteroatoms. The first-order valence-electron chi connectivity index (χ1n) is 7.78. The van der Waals surface area contributed by atoms with Gasteiger partial charge in [0.25, 0.3) is 0 Å². The second kappa shape index (κ2) is 6.14. The van der Waals surface area contributed by atoms with Crippen molar-refractivity contribution in [1.82, 2.24) is 5.32 Å². The molecule has 148 valence electrons. The molecule has 0 saturated carbocycles. The van der Waals surface area contributed by atoms with E-state index < -0.39 is 50.9 Å². The van der Waals surface area contributed by atoms with Crippen molar-refractivity contribution in [3.8, 4) is 0 Å². The van der Waals surface area contributed by atoms with Crippen molar-refractivity contribution in [2.75, 3.05) is 13.7 Å². The smallest absolute Gasteiger partial charge is 0.393 e. The Morgan fingerprint density at radius 1 is 1.16 bits per heavy atom. The molecule has 1 amide bonds. The minimum absolute atomic E-state index is 0.399. The van der Waals surface area contributed by atoms with Crippen molar-refractivity contribution in [2.45, 2.75) is 71.0 Å². The van der Waals surface area contributed by atoms with Gasteiger partial charge in [0.2, 0.25) is 5.91 Å². The van der Waals surface area contributed by atoms with E-state index in [1.807, 2.05) is 0 Å².